The van der Waals surface area contributed by atoms with Crippen molar-refractivity contribution in [2.24, 2.45) is 0 Å². The molecule has 3 rings (SSSR count). The summed E-state index contributed by atoms with van der Waals surface area (Å²) in [6, 6.07) is 12.0. The van der Waals surface area contributed by atoms with Crippen LogP contribution >= 0.6 is 0 Å². The number of anilines is 1. The number of carbonyl (C=O) groups is 1. The standard InChI is InChI=1S/C19H23N3O2/c1-24-12-4-9-20-17-7-10-21-18(13-17)19(23)22-11-8-15-5-2-3-6-16(15)14-22/h2-3,5-7,10,13H,4,8-9,11-12,14H2,1H3,(H,20,21). The van der Waals surface area contributed by atoms with Gasteiger partial charge in [-0.2, -0.15) is 0 Å². The molecular weight excluding hydrogens is 302 g/mol. The van der Waals surface area contributed by atoms with E-state index in [0.717, 1.165) is 38.2 Å². The first kappa shape index (κ1) is 16.5. The van der Waals surface area contributed by atoms with Gasteiger partial charge in [-0.25, -0.2) is 0 Å². The average molecular weight is 325 g/mol. The molecule has 24 heavy (non-hydrogen) atoms. The van der Waals surface area contributed by atoms with Crippen LogP contribution in [0.4, 0.5) is 5.69 Å². The summed E-state index contributed by atoms with van der Waals surface area (Å²) in [5.74, 6) is -0.00922. The molecule has 0 aliphatic carbocycles. The Bertz CT molecular complexity index is 703. The molecule has 1 aliphatic heterocycles. The maximum atomic E-state index is 12.8. The molecule has 126 valence electrons. The quantitative estimate of drug-likeness (QED) is 0.830. The SMILES string of the molecule is COCCCNc1ccnc(C(=O)N2CCc3ccccc3C2)c1. The molecule has 5 nitrogen and oxygen atoms in total. The van der Waals surface area contributed by atoms with Crippen LogP contribution in [0.3, 0.4) is 0 Å². The minimum Gasteiger partial charge on any atom is -0.385 e. The van der Waals surface area contributed by atoms with Gasteiger partial charge in [-0.1, -0.05) is 24.3 Å². The predicted octanol–water partition coefficient (Wildman–Crippen LogP) is 2.73. The van der Waals surface area contributed by atoms with E-state index in [9.17, 15) is 4.79 Å². The van der Waals surface area contributed by atoms with Gasteiger partial charge in [-0.15, -0.1) is 0 Å². The number of amides is 1. The van der Waals surface area contributed by atoms with Gasteiger partial charge in [0.1, 0.15) is 5.69 Å². The molecule has 1 N–H and O–H groups in total. The van der Waals surface area contributed by atoms with E-state index >= 15 is 0 Å². The number of fused-ring (bicyclic) bond motifs is 1. The first-order valence-electron chi connectivity index (χ1n) is 8.33. The minimum atomic E-state index is -0.00922. The average Bonchev–Trinajstić information content (AvgIpc) is 2.64. The number of nitrogens with zero attached hydrogens (tertiary/aromatic N) is 2. The highest BCUT2D eigenvalue weighted by Crippen LogP contribution is 2.20. The fourth-order valence-electron chi connectivity index (χ4n) is 2.94. The smallest absolute Gasteiger partial charge is 0.272 e. The number of hydrogen-bond acceptors (Lipinski definition) is 4. The summed E-state index contributed by atoms with van der Waals surface area (Å²) in [4.78, 5) is 18.9. The zero-order chi connectivity index (χ0) is 16.8. The molecule has 0 fully saturated rings. The number of pyridine rings is 1. The van der Waals surface area contributed by atoms with Crippen LogP contribution in [0, 0.1) is 0 Å². The second-order valence-electron chi connectivity index (χ2n) is 5.95. The van der Waals surface area contributed by atoms with Crippen LogP contribution in [0.15, 0.2) is 42.6 Å². The normalized spacial score (nSPS) is 13.5. The Morgan fingerprint density at radius 3 is 2.96 bits per heavy atom. The second-order valence-corrected chi connectivity index (χ2v) is 5.95. The van der Waals surface area contributed by atoms with E-state index < -0.39 is 0 Å². The van der Waals surface area contributed by atoms with Gasteiger partial charge in [0.05, 0.1) is 0 Å². The van der Waals surface area contributed by atoms with E-state index in [1.54, 1.807) is 13.3 Å². The van der Waals surface area contributed by atoms with E-state index in [1.165, 1.54) is 11.1 Å². The van der Waals surface area contributed by atoms with Crippen molar-refractivity contribution in [2.75, 3.05) is 32.1 Å². The number of methoxy groups -OCH3 is 1. The van der Waals surface area contributed by atoms with E-state index in [1.807, 2.05) is 23.1 Å². The Hall–Kier alpha value is -2.40. The van der Waals surface area contributed by atoms with Crippen molar-refractivity contribution >= 4 is 11.6 Å². The van der Waals surface area contributed by atoms with Crippen molar-refractivity contribution in [2.45, 2.75) is 19.4 Å². The highest BCUT2D eigenvalue weighted by atomic mass is 16.5. The van der Waals surface area contributed by atoms with E-state index in [0.29, 0.717) is 12.2 Å². The Morgan fingerprint density at radius 2 is 2.12 bits per heavy atom. The van der Waals surface area contributed by atoms with Crippen molar-refractivity contribution in [1.29, 1.82) is 0 Å². The first-order valence-corrected chi connectivity index (χ1v) is 8.33. The zero-order valence-corrected chi connectivity index (χ0v) is 14.0. The lowest BCUT2D eigenvalue weighted by Crippen LogP contribution is -2.36. The molecule has 0 radical (unpaired) electrons. The number of rotatable bonds is 6. The fraction of sp³-hybridized carbons (Fsp3) is 0.368. The Labute approximate surface area is 142 Å². The van der Waals surface area contributed by atoms with Crippen molar-refractivity contribution in [3.8, 4) is 0 Å². The molecule has 1 aromatic carbocycles. The summed E-state index contributed by atoms with van der Waals surface area (Å²) in [6.45, 7) is 2.92. The van der Waals surface area contributed by atoms with Crippen molar-refractivity contribution in [3.05, 3.63) is 59.4 Å². The lowest BCUT2D eigenvalue weighted by atomic mass is 10.00. The second kappa shape index (κ2) is 7.93. The molecule has 2 heterocycles. The van der Waals surface area contributed by atoms with Crippen molar-refractivity contribution < 1.29 is 9.53 Å². The van der Waals surface area contributed by atoms with Crippen LogP contribution in [0.2, 0.25) is 0 Å². The summed E-state index contributed by atoms with van der Waals surface area (Å²) in [5.41, 5.74) is 3.97. The third-order valence-corrected chi connectivity index (χ3v) is 4.25. The number of aromatic nitrogens is 1. The molecule has 0 spiro atoms. The first-order chi connectivity index (χ1) is 11.8. The summed E-state index contributed by atoms with van der Waals surface area (Å²) in [6.07, 6.45) is 3.51. The lowest BCUT2D eigenvalue weighted by Gasteiger charge is -2.28. The van der Waals surface area contributed by atoms with Gasteiger partial charge in [0, 0.05) is 45.2 Å². The molecule has 0 atom stereocenters. The monoisotopic (exact) mass is 325 g/mol. The maximum Gasteiger partial charge on any atom is 0.272 e. The van der Waals surface area contributed by atoms with Crippen LogP contribution < -0.4 is 5.32 Å². The number of carbonyl (C=O) groups excluding carboxylic acids is 1. The number of ether oxygens (including phenoxy) is 1. The van der Waals surface area contributed by atoms with Gasteiger partial charge in [-0.3, -0.25) is 9.78 Å². The van der Waals surface area contributed by atoms with Gasteiger partial charge in [-0.05, 0) is 36.1 Å². The molecule has 1 aliphatic rings. The number of nitrogens with one attached hydrogen (secondary N) is 1. The predicted molar refractivity (Wildman–Crippen MR) is 94.1 cm³/mol. The van der Waals surface area contributed by atoms with E-state index in [2.05, 4.69) is 28.5 Å². The van der Waals surface area contributed by atoms with E-state index in [4.69, 9.17) is 4.74 Å². The maximum absolute atomic E-state index is 12.8. The molecule has 0 saturated carbocycles. The van der Waals surface area contributed by atoms with Crippen molar-refractivity contribution in [1.82, 2.24) is 9.88 Å². The van der Waals surface area contributed by atoms with Gasteiger partial charge >= 0.3 is 0 Å². The molecule has 1 amide bonds. The molecule has 2 aromatic rings. The summed E-state index contributed by atoms with van der Waals surface area (Å²) >= 11 is 0. The largest absolute Gasteiger partial charge is 0.385 e. The molecular formula is C19H23N3O2. The molecule has 0 bridgehead atoms. The highest BCUT2D eigenvalue weighted by Gasteiger charge is 2.22. The van der Waals surface area contributed by atoms with Crippen LogP contribution in [-0.2, 0) is 17.7 Å². The molecule has 5 heteroatoms. The van der Waals surface area contributed by atoms with Crippen LogP contribution in [0.5, 0.6) is 0 Å². The molecule has 0 unspecified atom stereocenters. The van der Waals surface area contributed by atoms with Crippen LogP contribution in [0.25, 0.3) is 0 Å². The number of hydrogen-bond donors (Lipinski definition) is 1. The number of benzene rings is 1. The van der Waals surface area contributed by atoms with Gasteiger partial charge in [0.15, 0.2) is 0 Å². The Kier molecular flexibility index (Phi) is 5.43. The van der Waals surface area contributed by atoms with Crippen LogP contribution in [-0.4, -0.2) is 42.6 Å². The summed E-state index contributed by atoms with van der Waals surface area (Å²) in [5, 5.41) is 3.30. The Morgan fingerprint density at radius 1 is 1.29 bits per heavy atom. The molecule has 1 aromatic heterocycles. The van der Waals surface area contributed by atoms with Gasteiger partial charge in [0.25, 0.3) is 5.91 Å². The zero-order valence-electron chi connectivity index (χ0n) is 14.0. The third-order valence-electron chi connectivity index (χ3n) is 4.25. The Balaban J connectivity index is 1.65. The lowest BCUT2D eigenvalue weighted by molar-refractivity contribution is 0.0729. The van der Waals surface area contributed by atoms with Gasteiger partial charge < -0.3 is 15.0 Å². The summed E-state index contributed by atoms with van der Waals surface area (Å²) < 4.78 is 5.04. The topological polar surface area (TPSA) is 54.5 Å². The molecule has 0 saturated heterocycles. The fourth-order valence-corrected chi connectivity index (χ4v) is 2.94. The van der Waals surface area contributed by atoms with Gasteiger partial charge in [0.2, 0.25) is 0 Å². The van der Waals surface area contributed by atoms with E-state index in [-0.39, 0.29) is 5.91 Å². The van der Waals surface area contributed by atoms with Crippen molar-refractivity contribution in [3.63, 3.8) is 0 Å². The third kappa shape index (κ3) is 3.92. The highest BCUT2D eigenvalue weighted by molar-refractivity contribution is 5.93. The minimum absolute atomic E-state index is 0.00922. The van der Waals surface area contributed by atoms with Crippen LogP contribution in [0.1, 0.15) is 28.0 Å². The summed E-state index contributed by atoms with van der Waals surface area (Å²) in [7, 11) is 1.69.